The molecule has 118 valence electrons. The predicted molar refractivity (Wildman–Crippen MR) is 86.3 cm³/mol. The summed E-state index contributed by atoms with van der Waals surface area (Å²) in [4.78, 5) is 12.0. The van der Waals surface area contributed by atoms with Gasteiger partial charge in [-0.05, 0) is 38.0 Å². The number of rotatable bonds is 5. The van der Waals surface area contributed by atoms with Crippen LogP contribution in [0.2, 0.25) is 0 Å². The highest BCUT2D eigenvalue weighted by Crippen LogP contribution is 2.21. The van der Waals surface area contributed by atoms with Gasteiger partial charge in [-0.1, -0.05) is 12.1 Å². The number of nitrogens with two attached hydrogens (primary N) is 1. The third kappa shape index (κ3) is 3.35. The van der Waals surface area contributed by atoms with E-state index in [-0.39, 0.29) is 12.5 Å². The van der Waals surface area contributed by atoms with Gasteiger partial charge in [0.1, 0.15) is 6.04 Å². The molecule has 0 saturated carbocycles. The van der Waals surface area contributed by atoms with E-state index in [0.29, 0.717) is 5.69 Å². The summed E-state index contributed by atoms with van der Waals surface area (Å²) in [5.41, 5.74) is 10.5. The number of anilines is 1. The SMILES string of the molecule is COCC(N)C(=O)Nc1cnn(-c2cc(C)ccc2C)c1C. The van der Waals surface area contributed by atoms with Crippen molar-refractivity contribution >= 4 is 11.6 Å². The monoisotopic (exact) mass is 302 g/mol. The molecule has 0 aliphatic carbocycles. The highest BCUT2D eigenvalue weighted by molar-refractivity contribution is 5.95. The fraction of sp³-hybridized carbons (Fsp3) is 0.375. The Balaban J connectivity index is 2.26. The average Bonchev–Trinajstić information content (AvgIpc) is 2.83. The van der Waals surface area contributed by atoms with Crippen molar-refractivity contribution in [3.05, 3.63) is 41.2 Å². The molecule has 1 aromatic carbocycles. The number of aromatic nitrogens is 2. The van der Waals surface area contributed by atoms with E-state index in [9.17, 15) is 4.79 Å². The summed E-state index contributed by atoms with van der Waals surface area (Å²) in [7, 11) is 1.51. The zero-order valence-corrected chi connectivity index (χ0v) is 13.4. The summed E-state index contributed by atoms with van der Waals surface area (Å²) in [5, 5.41) is 7.17. The maximum absolute atomic E-state index is 12.0. The maximum atomic E-state index is 12.0. The van der Waals surface area contributed by atoms with Crippen molar-refractivity contribution in [1.82, 2.24) is 9.78 Å². The number of benzene rings is 1. The van der Waals surface area contributed by atoms with Crippen molar-refractivity contribution in [1.29, 1.82) is 0 Å². The van der Waals surface area contributed by atoms with Gasteiger partial charge in [0.05, 0.1) is 29.9 Å². The average molecular weight is 302 g/mol. The third-order valence-electron chi connectivity index (χ3n) is 3.54. The Hall–Kier alpha value is -2.18. The largest absolute Gasteiger partial charge is 0.383 e. The van der Waals surface area contributed by atoms with E-state index in [4.69, 9.17) is 10.5 Å². The smallest absolute Gasteiger partial charge is 0.243 e. The standard InChI is InChI=1S/C16H22N4O2/c1-10-5-6-11(2)15(7-10)20-12(3)14(8-18-20)19-16(21)13(17)9-22-4/h5-8,13H,9,17H2,1-4H3,(H,19,21). The molecular formula is C16H22N4O2. The minimum atomic E-state index is -0.701. The summed E-state index contributed by atoms with van der Waals surface area (Å²) in [6.07, 6.45) is 1.63. The van der Waals surface area contributed by atoms with Crippen LogP contribution in [0.5, 0.6) is 0 Å². The van der Waals surface area contributed by atoms with E-state index in [1.165, 1.54) is 7.11 Å². The van der Waals surface area contributed by atoms with E-state index in [1.54, 1.807) is 6.20 Å². The van der Waals surface area contributed by atoms with Crippen LogP contribution in [0, 0.1) is 20.8 Å². The van der Waals surface area contributed by atoms with Crippen LogP contribution in [-0.2, 0) is 9.53 Å². The molecule has 6 heteroatoms. The van der Waals surface area contributed by atoms with E-state index >= 15 is 0 Å². The Morgan fingerprint density at radius 3 is 2.82 bits per heavy atom. The van der Waals surface area contributed by atoms with Crippen molar-refractivity contribution in [2.75, 3.05) is 19.0 Å². The Kier molecular flexibility index (Phi) is 4.95. The normalized spacial score (nSPS) is 12.2. The van der Waals surface area contributed by atoms with Crippen LogP contribution in [0.1, 0.15) is 16.8 Å². The molecule has 1 atom stereocenters. The van der Waals surface area contributed by atoms with Crippen LogP contribution in [0.15, 0.2) is 24.4 Å². The fourth-order valence-electron chi connectivity index (χ4n) is 2.20. The molecule has 2 aromatic rings. The van der Waals surface area contributed by atoms with Gasteiger partial charge in [0.15, 0.2) is 0 Å². The molecule has 22 heavy (non-hydrogen) atoms. The van der Waals surface area contributed by atoms with E-state index < -0.39 is 6.04 Å². The molecule has 1 aromatic heterocycles. The summed E-state index contributed by atoms with van der Waals surface area (Å²) in [6, 6.07) is 5.48. The number of nitrogens with one attached hydrogen (secondary N) is 1. The van der Waals surface area contributed by atoms with Crippen LogP contribution in [-0.4, -0.2) is 35.4 Å². The van der Waals surface area contributed by atoms with Gasteiger partial charge < -0.3 is 15.8 Å². The van der Waals surface area contributed by atoms with Crippen molar-refractivity contribution in [2.24, 2.45) is 5.73 Å². The number of nitrogens with zero attached hydrogens (tertiary/aromatic N) is 2. The Labute approximate surface area is 130 Å². The Morgan fingerprint density at radius 1 is 1.41 bits per heavy atom. The minimum Gasteiger partial charge on any atom is -0.383 e. The minimum absolute atomic E-state index is 0.177. The summed E-state index contributed by atoms with van der Waals surface area (Å²) in [5.74, 6) is -0.287. The van der Waals surface area contributed by atoms with Gasteiger partial charge in [0.25, 0.3) is 0 Å². The Morgan fingerprint density at radius 2 is 2.14 bits per heavy atom. The lowest BCUT2D eigenvalue weighted by Crippen LogP contribution is -2.39. The molecule has 6 nitrogen and oxygen atoms in total. The molecule has 0 aliphatic rings. The van der Waals surface area contributed by atoms with Crippen molar-refractivity contribution in [2.45, 2.75) is 26.8 Å². The quantitative estimate of drug-likeness (QED) is 0.881. The first-order chi connectivity index (χ1) is 10.4. The van der Waals surface area contributed by atoms with Gasteiger partial charge in [-0.15, -0.1) is 0 Å². The van der Waals surface area contributed by atoms with Gasteiger partial charge in [0, 0.05) is 7.11 Å². The molecule has 1 heterocycles. The second kappa shape index (κ2) is 6.72. The van der Waals surface area contributed by atoms with E-state index in [2.05, 4.69) is 28.6 Å². The van der Waals surface area contributed by atoms with Gasteiger partial charge in [-0.3, -0.25) is 4.79 Å². The number of ether oxygens (including phenoxy) is 1. The van der Waals surface area contributed by atoms with Crippen LogP contribution in [0.3, 0.4) is 0 Å². The first-order valence-electron chi connectivity index (χ1n) is 7.11. The first kappa shape index (κ1) is 16.2. The second-order valence-corrected chi connectivity index (χ2v) is 5.40. The molecule has 1 unspecified atom stereocenters. The topological polar surface area (TPSA) is 82.2 Å². The third-order valence-corrected chi connectivity index (χ3v) is 3.54. The van der Waals surface area contributed by atoms with Crippen molar-refractivity contribution in [3.8, 4) is 5.69 Å². The number of carbonyl (C=O) groups is 1. The lowest BCUT2D eigenvalue weighted by Gasteiger charge is -2.12. The van der Waals surface area contributed by atoms with Gasteiger partial charge in [0.2, 0.25) is 5.91 Å². The highest BCUT2D eigenvalue weighted by Gasteiger charge is 2.17. The van der Waals surface area contributed by atoms with E-state index in [0.717, 1.165) is 22.5 Å². The number of methoxy groups -OCH3 is 1. The molecule has 1 amide bonds. The van der Waals surface area contributed by atoms with Crippen LogP contribution < -0.4 is 11.1 Å². The zero-order valence-electron chi connectivity index (χ0n) is 13.4. The number of aryl methyl sites for hydroxylation is 2. The molecule has 0 aliphatic heterocycles. The highest BCUT2D eigenvalue weighted by atomic mass is 16.5. The molecule has 3 N–H and O–H groups in total. The number of hydrogen-bond acceptors (Lipinski definition) is 4. The zero-order chi connectivity index (χ0) is 16.3. The summed E-state index contributed by atoms with van der Waals surface area (Å²) in [6.45, 7) is 6.15. The van der Waals surface area contributed by atoms with Gasteiger partial charge in [-0.25, -0.2) is 4.68 Å². The number of hydrogen-bond donors (Lipinski definition) is 2. The molecule has 0 fully saturated rings. The summed E-state index contributed by atoms with van der Waals surface area (Å²) >= 11 is 0. The van der Waals surface area contributed by atoms with Gasteiger partial charge >= 0.3 is 0 Å². The van der Waals surface area contributed by atoms with Crippen LogP contribution >= 0.6 is 0 Å². The van der Waals surface area contributed by atoms with Crippen molar-refractivity contribution < 1.29 is 9.53 Å². The Bertz CT molecular complexity index is 679. The second-order valence-electron chi connectivity index (χ2n) is 5.40. The lowest BCUT2D eigenvalue weighted by atomic mass is 10.1. The molecule has 0 bridgehead atoms. The molecule has 0 spiro atoms. The molecule has 2 rings (SSSR count). The molecule has 0 saturated heterocycles. The molecular weight excluding hydrogens is 280 g/mol. The number of amides is 1. The molecule has 0 radical (unpaired) electrons. The van der Waals surface area contributed by atoms with Crippen molar-refractivity contribution in [3.63, 3.8) is 0 Å². The van der Waals surface area contributed by atoms with Crippen LogP contribution in [0.4, 0.5) is 5.69 Å². The number of carbonyl (C=O) groups excluding carboxylic acids is 1. The van der Waals surface area contributed by atoms with Gasteiger partial charge in [-0.2, -0.15) is 5.10 Å². The maximum Gasteiger partial charge on any atom is 0.243 e. The summed E-state index contributed by atoms with van der Waals surface area (Å²) < 4.78 is 6.71. The first-order valence-corrected chi connectivity index (χ1v) is 7.11. The predicted octanol–water partition coefficient (Wildman–Crippen LogP) is 1.71. The van der Waals surface area contributed by atoms with Crippen LogP contribution in [0.25, 0.3) is 5.69 Å². The van der Waals surface area contributed by atoms with E-state index in [1.807, 2.05) is 25.5 Å². The lowest BCUT2D eigenvalue weighted by molar-refractivity contribution is -0.118. The fourth-order valence-corrected chi connectivity index (χ4v) is 2.20.